The lowest BCUT2D eigenvalue weighted by Crippen LogP contribution is -2.34. The Hall–Kier alpha value is -0.160. The summed E-state index contributed by atoms with van der Waals surface area (Å²) < 4.78 is 0. The Labute approximate surface area is 199 Å². The molecule has 0 aliphatic heterocycles. The van der Waals surface area contributed by atoms with Crippen LogP contribution in [0.15, 0.2) is 0 Å². The highest BCUT2D eigenvalue weighted by atomic mass is 14.9. The summed E-state index contributed by atoms with van der Waals surface area (Å²) in [4.78, 5) is 0. The summed E-state index contributed by atoms with van der Waals surface area (Å²) in [5.74, 6) is 0.942. The van der Waals surface area contributed by atoms with Crippen molar-refractivity contribution in [3.05, 3.63) is 0 Å². The molecule has 1 aliphatic rings. The highest BCUT2D eigenvalue weighted by molar-refractivity contribution is 4.71. The van der Waals surface area contributed by atoms with E-state index in [-0.39, 0.29) is 0 Å². The average Bonchev–Trinajstić information content (AvgIpc) is 2.87. The van der Waals surface area contributed by atoms with Crippen LogP contribution in [-0.4, -0.2) is 51.9 Å². The van der Waals surface area contributed by atoms with Crippen LogP contribution in [0.4, 0.5) is 0 Å². The van der Waals surface area contributed by atoms with Gasteiger partial charge in [0, 0.05) is 6.04 Å². The fraction of sp³-hybridized carbons (Fsp3) is 1.00. The number of nitrogens with one attached hydrogen (secondary N) is 4. The Morgan fingerprint density at radius 3 is 1.58 bits per heavy atom. The van der Waals surface area contributed by atoms with Crippen molar-refractivity contribution in [3.8, 4) is 0 Å². The first-order valence-corrected chi connectivity index (χ1v) is 14.2. The van der Waals surface area contributed by atoms with Gasteiger partial charge in [-0.05, 0) is 90.8 Å². The minimum atomic E-state index is 0.647. The fourth-order valence-electron chi connectivity index (χ4n) is 3.28. The van der Waals surface area contributed by atoms with E-state index in [2.05, 4.69) is 35.1 Å². The van der Waals surface area contributed by atoms with Crippen LogP contribution < -0.4 is 21.3 Å². The molecule has 1 aliphatic carbocycles. The van der Waals surface area contributed by atoms with Crippen LogP contribution in [0.3, 0.4) is 0 Å². The Bertz CT molecular complexity index is 243. The number of rotatable bonds is 15. The van der Waals surface area contributed by atoms with Crippen LogP contribution in [0.1, 0.15) is 121 Å². The Balaban J connectivity index is -0.000000407. The summed E-state index contributed by atoms with van der Waals surface area (Å²) in [6.07, 6.45) is 10.9. The SMILES string of the molecule is CC.CC.CC.CC.CCNCCCNCCCNCCC(C)NCC1CCCCC1. The predicted octanol–water partition coefficient (Wildman–Crippen LogP) is 6.61. The molecule has 1 atom stereocenters. The van der Waals surface area contributed by atoms with E-state index >= 15 is 0 Å². The Morgan fingerprint density at radius 2 is 1.10 bits per heavy atom. The fourth-order valence-corrected chi connectivity index (χ4v) is 3.28. The van der Waals surface area contributed by atoms with Crippen molar-refractivity contribution in [1.82, 2.24) is 21.3 Å². The summed E-state index contributed by atoms with van der Waals surface area (Å²) in [6, 6.07) is 0.647. The average molecular weight is 447 g/mol. The molecule has 1 saturated carbocycles. The maximum atomic E-state index is 3.73. The van der Waals surface area contributed by atoms with Crippen molar-refractivity contribution in [1.29, 1.82) is 0 Å². The molecular weight excluding hydrogens is 380 g/mol. The van der Waals surface area contributed by atoms with Gasteiger partial charge in [0.2, 0.25) is 0 Å². The normalized spacial score (nSPS) is 13.7. The van der Waals surface area contributed by atoms with E-state index in [0.717, 1.165) is 45.2 Å². The molecule has 0 aromatic heterocycles. The third kappa shape index (κ3) is 34.6. The van der Waals surface area contributed by atoms with Crippen molar-refractivity contribution in [2.45, 2.75) is 127 Å². The molecular formula is C27H66N4. The van der Waals surface area contributed by atoms with E-state index in [1.165, 1.54) is 57.9 Å². The molecule has 0 heterocycles. The van der Waals surface area contributed by atoms with Crippen molar-refractivity contribution < 1.29 is 0 Å². The summed E-state index contributed by atoms with van der Waals surface area (Å²) in [5.41, 5.74) is 0. The Morgan fingerprint density at radius 1 is 0.645 bits per heavy atom. The lowest BCUT2D eigenvalue weighted by Gasteiger charge is -2.24. The molecule has 0 amide bonds. The van der Waals surface area contributed by atoms with Crippen molar-refractivity contribution in [3.63, 3.8) is 0 Å². The standard InChI is InChI=1S/C19H42N4.4C2H6/c1-3-20-12-7-13-21-14-8-15-22-16-11-18(2)23-17-19-9-5-4-6-10-19;4*1-2/h18-23H,3-17H2,1-2H3;4*1-2H3. The number of hydrogen-bond acceptors (Lipinski definition) is 4. The first kappa shape index (κ1) is 38.1. The zero-order valence-corrected chi connectivity index (χ0v) is 23.8. The lowest BCUT2D eigenvalue weighted by atomic mass is 9.89. The van der Waals surface area contributed by atoms with Crippen molar-refractivity contribution in [2.24, 2.45) is 5.92 Å². The van der Waals surface area contributed by atoms with Crippen LogP contribution in [0.5, 0.6) is 0 Å². The molecule has 0 bridgehead atoms. The van der Waals surface area contributed by atoms with Gasteiger partial charge in [-0.25, -0.2) is 0 Å². The van der Waals surface area contributed by atoms with Gasteiger partial charge in [-0.1, -0.05) is 81.6 Å². The van der Waals surface area contributed by atoms with Crippen LogP contribution in [0.2, 0.25) is 0 Å². The number of hydrogen-bond donors (Lipinski definition) is 4. The first-order valence-electron chi connectivity index (χ1n) is 14.2. The van der Waals surface area contributed by atoms with E-state index in [1.807, 2.05) is 55.4 Å². The van der Waals surface area contributed by atoms with Gasteiger partial charge in [0.05, 0.1) is 0 Å². The summed E-state index contributed by atoms with van der Waals surface area (Å²) in [6.45, 7) is 28.5. The van der Waals surface area contributed by atoms with E-state index in [4.69, 9.17) is 0 Å². The summed E-state index contributed by atoms with van der Waals surface area (Å²) in [7, 11) is 0. The molecule has 1 unspecified atom stereocenters. The van der Waals surface area contributed by atoms with Gasteiger partial charge in [-0.2, -0.15) is 0 Å². The van der Waals surface area contributed by atoms with Gasteiger partial charge in [0.15, 0.2) is 0 Å². The van der Waals surface area contributed by atoms with Gasteiger partial charge < -0.3 is 21.3 Å². The predicted molar refractivity (Wildman–Crippen MR) is 148 cm³/mol. The molecule has 4 heteroatoms. The molecule has 1 fully saturated rings. The van der Waals surface area contributed by atoms with Crippen molar-refractivity contribution in [2.75, 3.05) is 45.8 Å². The minimum absolute atomic E-state index is 0.647. The summed E-state index contributed by atoms with van der Waals surface area (Å²) in [5, 5.41) is 14.2. The minimum Gasteiger partial charge on any atom is -0.317 e. The quantitative estimate of drug-likeness (QED) is 0.214. The second kappa shape index (κ2) is 40.2. The zero-order chi connectivity index (χ0) is 24.6. The topological polar surface area (TPSA) is 48.1 Å². The van der Waals surface area contributed by atoms with Gasteiger partial charge >= 0.3 is 0 Å². The molecule has 0 spiro atoms. The summed E-state index contributed by atoms with van der Waals surface area (Å²) >= 11 is 0. The maximum Gasteiger partial charge on any atom is 0.00509 e. The second-order valence-corrected chi connectivity index (χ2v) is 7.16. The highest BCUT2D eigenvalue weighted by Crippen LogP contribution is 2.22. The van der Waals surface area contributed by atoms with E-state index < -0.39 is 0 Å². The molecule has 1 rings (SSSR count). The Kier molecular flexibility index (Phi) is 49.5. The molecule has 0 radical (unpaired) electrons. The molecule has 0 aromatic rings. The molecule has 0 saturated heterocycles. The highest BCUT2D eigenvalue weighted by Gasteiger charge is 2.13. The van der Waals surface area contributed by atoms with Crippen LogP contribution in [0, 0.1) is 5.92 Å². The molecule has 0 aromatic carbocycles. The van der Waals surface area contributed by atoms with Crippen LogP contribution >= 0.6 is 0 Å². The van der Waals surface area contributed by atoms with Crippen LogP contribution in [0.25, 0.3) is 0 Å². The molecule has 31 heavy (non-hydrogen) atoms. The van der Waals surface area contributed by atoms with E-state index in [1.54, 1.807) is 0 Å². The zero-order valence-electron chi connectivity index (χ0n) is 23.8. The molecule has 194 valence electrons. The van der Waals surface area contributed by atoms with Crippen LogP contribution in [-0.2, 0) is 0 Å². The monoisotopic (exact) mass is 447 g/mol. The first-order chi connectivity index (χ1) is 15.3. The largest absolute Gasteiger partial charge is 0.317 e. The second-order valence-electron chi connectivity index (χ2n) is 7.16. The van der Waals surface area contributed by atoms with E-state index in [9.17, 15) is 0 Å². The van der Waals surface area contributed by atoms with E-state index in [0.29, 0.717) is 6.04 Å². The third-order valence-corrected chi connectivity index (χ3v) is 4.90. The molecule has 4 N–H and O–H groups in total. The lowest BCUT2D eigenvalue weighted by molar-refractivity contribution is 0.326. The van der Waals surface area contributed by atoms with Gasteiger partial charge in [-0.15, -0.1) is 0 Å². The maximum absolute atomic E-state index is 3.73. The van der Waals surface area contributed by atoms with Gasteiger partial charge in [0.1, 0.15) is 0 Å². The third-order valence-electron chi connectivity index (χ3n) is 4.90. The van der Waals surface area contributed by atoms with Gasteiger partial charge in [0.25, 0.3) is 0 Å². The molecule has 4 nitrogen and oxygen atoms in total. The van der Waals surface area contributed by atoms with Crippen molar-refractivity contribution >= 4 is 0 Å². The van der Waals surface area contributed by atoms with Gasteiger partial charge in [-0.3, -0.25) is 0 Å². The smallest absolute Gasteiger partial charge is 0.00509 e.